The molecule has 0 aliphatic heterocycles. The fourth-order valence-corrected chi connectivity index (χ4v) is 2.14. The lowest BCUT2D eigenvalue weighted by molar-refractivity contribution is 0.607. The third kappa shape index (κ3) is 3.80. The number of hydrogen-bond acceptors (Lipinski definition) is 4. The number of nitrogens with one attached hydrogen (secondary N) is 1. The first-order valence-electron chi connectivity index (χ1n) is 7.80. The van der Waals surface area contributed by atoms with Crippen LogP contribution in [-0.4, -0.2) is 26.3 Å². The first-order chi connectivity index (χ1) is 10.2. The molecule has 0 saturated heterocycles. The average molecular weight is 287 g/mol. The molecule has 0 atom stereocenters. The van der Waals surface area contributed by atoms with E-state index in [0.717, 1.165) is 49.0 Å². The minimum atomic E-state index is 0.301. The lowest BCUT2D eigenvalue weighted by atomic mass is 10.2. The lowest BCUT2D eigenvalue weighted by Gasteiger charge is -2.12. The monoisotopic (exact) mass is 287 g/mol. The van der Waals surface area contributed by atoms with Crippen molar-refractivity contribution >= 4 is 5.82 Å². The molecule has 5 nitrogen and oxygen atoms in total. The first kappa shape index (κ1) is 15.5. The molecule has 0 saturated carbocycles. The van der Waals surface area contributed by atoms with Gasteiger partial charge in [0.05, 0.1) is 11.4 Å². The van der Waals surface area contributed by atoms with Crippen LogP contribution in [0.1, 0.15) is 52.3 Å². The van der Waals surface area contributed by atoms with Crippen molar-refractivity contribution in [2.45, 2.75) is 53.0 Å². The van der Waals surface area contributed by atoms with Crippen LogP contribution in [0.15, 0.2) is 18.3 Å². The zero-order valence-electron chi connectivity index (χ0n) is 13.4. The van der Waals surface area contributed by atoms with Gasteiger partial charge in [-0.05, 0) is 18.9 Å². The molecule has 0 fully saturated rings. The van der Waals surface area contributed by atoms with Gasteiger partial charge in [-0.25, -0.2) is 9.97 Å². The second kappa shape index (κ2) is 7.20. The SMILES string of the molecule is CCCNc1cc(-c2ccnn2CCC)nc(C(C)C)n1. The number of hydrogen-bond donors (Lipinski definition) is 1. The number of rotatable bonds is 7. The average Bonchev–Trinajstić information content (AvgIpc) is 2.93. The molecule has 0 amide bonds. The van der Waals surface area contributed by atoms with Gasteiger partial charge in [-0.15, -0.1) is 0 Å². The zero-order chi connectivity index (χ0) is 15.2. The van der Waals surface area contributed by atoms with Gasteiger partial charge < -0.3 is 5.32 Å². The van der Waals surface area contributed by atoms with E-state index in [4.69, 9.17) is 4.98 Å². The molecule has 2 rings (SSSR count). The predicted octanol–water partition coefficient (Wildman–Crippen LogP) is 3.70. The van der Waals surface area contributed by atoms with Gasteiger partial charge in [0.25, 0.3) is 0 Å². The van der Waals surface area contributed by atoms with Gasteiger partial charge in [0, 0.05) is 31.3 Å². The Kier molecular flexibility index (Phi) is 5.31. The largest absolute Gasteiger partial charge is 0.370 e. The van der Waals surface area contributed by atoms with Crippen LogP contribution in [-0.2, 0) is 6.54 Å². The molecule has 0 radical (unpaired) electrons. The highest BCUT2D eigenvalue weighted by atomic mass is 15.3. The third-order valence-electron chi connectivity index (χ3n) is 3.23. The Balaban J connectivity index is 2.41. The van der Waals surface area contributed by atoms with Gasteiger partial charge in [0.1, 0.15) is 11.6 Å². The number of anilines is 1. The molecule has 114 valence electrons. The van der Waals surface area contributed by atoms with Crippen LogP contribution in [0.5, 0.6) is 0 Å². The summed E-state index contributed by atoms with van der Waals surface area (Å²) in [6, 6.07) is 4.04. The maximum atomic E-state index is 4.71. The summed E-state index contributed by atoms with van der Waals surface area (Å²) in [7, 11) is 0. The number of aromatic nitrogens is 4. The Morgan fingerprint density at radius 2 is 2.00 bits per heavy atom. The molecule has 21 heavy (non-hydrogen) atoms. The van der Waals surface area contributed by atoms with Gasteiger partial charge in [0.2, 0.25) is 0 Å². The maximum absolute atomic E-state index is 4.71. The Hall–Kier alpha value is -1.91. The summed E-state index contributed by atoms with van der Waals surface area (Å²) in [5.41, 5.74) is 2.00. The van der Waals surface area contributed by atoms with E-state index in [1.165, 1.54) is 0 Å². The standard InChI is InChI=1S/C16H25N5/c1-5-8-17-15-11-13(19-16(20-15)12(3)4)14-7-9-18-21(14)10-6-2/h7,9,11-12H,5-6,8,10H2,1-4H3,(H,17,19,20). The topological polar surface area (TPSA) is 55.6 Å². The highest BCUT2D eigenvalue weighted by molar-refractivity contribution is 5.59. The van der Waals surface area contributed by atoms with Gasteiger partial charge in [0.15, 0.2) is 0 Å². The molecular weight excluding hydrogens is 262 g/mol. The fraction of sp³-hybridized carbons (Fsp3) is 0.562. The van der Waals surface area contributed by atoms with Gasteiger partial charge in [-0.3, -0.25) is 4.68 Å². The molecular formula is C16H25N5. The van der Waals surface area contributed by atoms with E-state index in [9.17, 15) is 0 Å². The van der Waals surface area contributed by atoms with E-state index in [-0.39, 0.29) is 0 Å². The lowest BCUT2D eigenvalue weighted by Crippen LogP contribution is -2.09. The smallest absolute Gasteiger partial charge is 0.134 e. The van der Waals surface area contributed by atoms with Crippen LogP contribution in [0.2, 0.25) is 0 Å². The predicted molar refractivity (Wildman–Crippen MR) is 86.4 cm³/mol. The highest BCUT2D eigenvalue weighted by Gasteiger charge is 2.12. The summed E-state index contributed by atoms with van der Waals surface area (Å²) in [5.74, 6) is 2.07. The van der Waals surface area contributed by atoms with Crippen molar-refractivity contribution in [3.8, 4) is 11.4 Å². The second-order valence-corrected chi connectivity index (χ2v) is 5.52. The fourth-order valence-electron chi connectivity index (χ4n) is 2.14. The van der Waals surface area contributed by atoms with Crippen LogP contribution in [0, 0.1) is 0 Å². The van der Waals surface area contributed by atoms with Gasteiger partial charge >= 0.3 is 0 Å². The highest BCUT2D eigenvalue weighted by Crippen LogP contribution is 2.22. The third-order valence-corrected chi connectivity index (χ3v) is 3.23. The van der Waals surface area contributed by atoms with Crippen LogP contribution >= 0.6 is 0 Å². The van der Waals surface area contributed by atoms with Crippen LogP contribution < -0.4 is 5.32 Å². The van der Waals surface area contributed by atoms with Crippen molar-refractivity contribution < 1.29 is 0 Å². The summed E-state index contributed by atoms with van der Waals surface area (Å²) >= 11 is 0. The van der Waals surface area contributed by atoms with Crippen molar-refractivity contribution in [2.75, 3.05) is 11.9 Å². The summed E-state index contributed by atoms with van der Waals surface area (Å²) in [5, 5.41) is 7.75. The van der Waals surface area contributed by atoms with Crippen molar-refractivity contribution in [3.63, 3.8) is 0 Å². The summed E-state index contributed by atoms with van der Waals surface area (Å²) in [6.07, 6.45) is 3.96. The molecule has 0 aromatic carbocycles. The minimum Gasteiger partial charge on any atom is -0.370 e. The van der Waals surface area contributed by atoms with Crippen LogP contribution in [0.3, 0.4) is 0 Å². The van der Waals surface area contributed by atoms with E-state index in [2.05, 4.69) is 43.1 Å². The maximum Gasteiger partial charge on any atom is 0.134 e. The Bertz CT molecular complexity index is 574. The Labute approximate surface area is 126 Å². The number of aryl methyl sites for hydroxylation is 1. The van der Waals surface area contributed by atoms with E-state index in [0.29, 0.717) is 5.92 Å². The van der Waals surface area contributed by atoms with Crippen LogP contribution in [0.25, 0.3) is 11.4 Å². The van der Waals surface area contributed by atoms with Crippen molar-refractivity contribution in [2.24, 2.45) is 0 Å². The molecule has 0 aliphatic carbocycles. The molecule has 0 unspecified atom stereocenters. The molecule has 2 aromatic heterocycles. The molecule has 0 aliphatic rings. The summed E-state index contributed by atoms with van der Waals surface area (Å²) in [6.45, 7) is 10.4. The zero-order valence-corrected chi connectivity index (χ0v) is 13.4. The summed E-state index contributed by atoms with van der Waals surface area (Å²) < 4.78 is 2.01. The first-order valence-corrected chi connectivity index (χ1v) is 7.80. The molecule has 2 aromatic rings. The molecule has 1 N–H and O–H groups in total. The van der Waals surface area contributed by atoms with E-state index >= 15 is 0 Å². The minimum absolute atomic E-state index is 0.301. The van der Waals surface area contributed by atoms with Crippen molar-refractivity contribution in [1.82, 2.24) is 19.7 Å². The van der Waals surface area contributed by atoms with Crippen molar-refractivity contribution in [3.05, 3.63) is 24.2 Å². The van der Waals surface area contributed by atoms with Gasteiger partial charge in [-0.1, -0.05) is 27.7 Å². The summed E-state index contributed by atoms with van der Waals surface area (Å²) in [4.78, 5) is 9.32. The number of nitrogens with zero attached hydrogens (tertiary/aromatic N) is 4. The molecule has 0 bridgehead atoms. The molecule has 2 heterocycles. The Morgan fingerprint density at radius 1 is 1.19 bits per heavy atom. The quantitative estimate of drug-likeness (QED) is 0.843. The van der Waals surface area contributed by atoms with E-state index in [1.54, 1.807) is 0 Å². The normalized spacial score (nSPS) is 11.1. The molecule has 5 heteroatoms. The van der Waals surface area contributed by atoms with E-state index < -0.39 is 0 Å². The van der Waals surface area contributed by atoms with Gasteiger partial charge in [-0.2, -0.15) is 5.10 Å². The van der Waals surface area contributed by atoms with Crippen LogP contribution in [0.4, 0.5) is 5.82 Å². The molecule has 0 spiro atoms. The van der Waals surface area contributed by atoms with E-state index in [1.807, 2.05) is 23.0 Å². The van der Waals surface area contributed by atoms with Crippen molar-refractivity contribution in [1.29, 1.82) is 0 Å². The second-order valence-electron chi connectivity index (χ2n) is 5.52. The Morgan fingerprint density at radius 3 is 2.67 bits per heavy atom.